The molecule has 0 heterocycles. The Morgan fingerprint density at radius 1 is 1.67 bits per heavy atom. The summed E-state index contributed by atoms with van der Waals surface area (Å²) in [4.78, 5) is 10.6. The topological polar surface area (TPSA) is 46.5 Å². The highest BCUT2D eigenvalue weighted by Crippen LogP contribution is 2.38. The van der Waals surface area contributed by atoms with Crippen LogP contribution in [0.25, 0.3) is 0 Å². The Morgan fingerprint density at radius 3 is 2.67 bits per heavy atom. The molecule has 0 aromatic carbocycles. The van der Waals surface area contributed by atoms with E-state index in [1.54, 1.807) is 6.92 Å². The molecule has 0 aliphatic heterocycles. The zero-order chi connectivity index (χ0) is 9.19. The van der Waals surface area contributed by atoms with E-state index in [1.807, 2.05) is 0 Å². The SMILES string of the molecule is COC(=O)C#CC(C)(O)C1CC1. The first-order chi connectivity index (χ1) is 5.56. The van der Waals surface area contributed by atoms with E-state index < -0.39 is 11.6 Å². The van der Waals surface area contributed by atoms with E-state index in [4.69, 9.17) is 0 Å². The van der Waals surface area contributed by atoms with Crippen LogP contribution in [0.2, 0.25) is 0 Å². The predicted octanol–water partition coefficient (Wildman–Crippen LogP) is 0.324. The molecule has 0 amide bonds. The lowest BCUT2D eigenvalue weighted by Gasteiger charge is -2.13. The van der Waals surface area contributed by atoms with Crippen molar-refractivity contribution >= 4 is 5.97 Å². The van der Waals surface area contributed by atoms with Crippen molar-refractivity contribution in [3.8, 4) is 11.8 Å². The van der Waals surface area contributed by atoms with E-state index in [-0.39, 0.29) is 5.92 Å². The first-order valence-corrected chi connectivity index (χ1v) is 3.90. The fourth-order valence-corrected chi connectivity index (χ4v) is 0.976. The Hall–Kier alpha value is -1.01. The van der Waals surface area contributed by atoms with Gasteiger partial charge in [-0.15, -0.1) is 0 Å². The molecule has 0 aromatic rings. The number of aliphatic hydroxyl groups is 1. The number of carbonyl (C=O) groups excluding carboxylic acids is 1. The number of hydrogen-bond donors (Lipinski definition) is 1. The molecule has 1 fully saturated rings. The van der Waals surface area contributed by atoms with Crippen LogP contribution in [0.15, 0.2) is 0 Å². The zero-order valence-corrected chi connectivity index (χ0v) is 7.26. The summed E-state index contributed by atoms with van der Waals surface area (Å²) < 4.78 is 4.32. The van der Waals surface area contributed by atoms with Crippen LogP contribution in [0.3, 0.4) is 0 Å². The van der Waals surface area contributed by atoms with Crippen LogP contribution < -0.4 is 0 Å². The molecule has 3 heteroatoms. The maximum absolute atomic E-state index is 10.6. The molecule has 3 nitrogen and oxygen atoms in total. The van der Waals surface area contributed by atoms with Crippen molar-refractivity contribution in [1.82, 2.24) is 0 Å². The number of esters is 1. The summed E-state index contributed by atoms with van der Waals surface area (Å²) in [5, 5.41) is 9.62. The van der Waals surface area contributed by atoms with Gasteiger partial charge in [0, 0.05) is 5.92 Å². The van der Waals surface area contributed by atoms with E-state index in [9.17, 15) is 9.90 Å². The minimum Gasteiger partial charge on any atom is -0.459 e. The summed E-state index contributed by atoms with van der Waals surface area (Å²) in [6.45, 7) is 1.63. The molecule has 0 radical (unpaired) electrons. The first-order valence-electron chi connectivity index (χ1n) is 3.90. The third-order valence-corrected chi connectivity index (χ3v) is 1.98. The van der Waals surface area contributed by atoms with Crippen LogP contribution in [0.4, 0.5) is 0 Å². The largest absolute Gasteiger partial charge is 0.459 e. The molecule has 12 heavy (non-hydrogen) atoms. The second-order valence-corrected chi connectivity index (χ2v) is 3.16. The lowest BCUT2D eigenvalue weighted by atomic mass is 10.0. The molecule has 0 bridgehead atoms. The fourth-order valence-electron chi connectivity index (χ4n) is 0.976. The number of hydrogen-bond acceptors (Lipinski definition) is 3. The standard InChI is InChI=1S/C9H12O3/c1-9(11,7-3-4-7)6-5-8(10)12-2/h7,11H,3-4H2,1-2H3. The van der Waals surface area contributed by atoms with E-state index in [0.29, 0.717) is 0 Å². The van der Waals surface area contributed by atoms with Crippen molar-refractivity contribution < 1.29 is 14.6 Å². The van der Waals surface area contributed by atoms with Crippen molar-refractivity contribution in [3.63, 3.8) is 0 Å². The van der Waals surface area contributed by atoms with Gasteiger partial charge in [0.15, 0.2) is 0 Å². The maximum Gasteiger partial charge on any atom is 0.384 e. The highest BCUT2D eigenvalue weighted by molar-refractivity contribution is 5.88. The van der Waals surface area contributed by atoms with Crippen LogP contribution in [0.5, 0.6) is 0 Å². The number of ether oxygens (including phenoxy) is 1. The highest BCUT2D eigenvalue weighted by Gasteiger charge is 2.38. The number of methoxy groups -OCH3 is 1. The van der Waals surface area contributed by atoms with Crippen molar-refractivity contribution in [2.75, 3.05) is 7.11 Å². The second kappa shape index (κ2) is 3.16. The van der Waals surface area contributed by atoms with Gasteiger partial charge in [0.1, 0.15) is 5.60 Å². The predicted molar refractivity (Wildman–Crippen MR) is 43.1 cm³/mol. The Kier molecular flexibility index (Phi) is 2.39. The van der Waals surface area contributed by atoms with Crippen LogP contribution in [0.1, 0.15) is 19.8 Å². The van der Waals surface area contributed by atoms with Gasteiger partial charge in [-0.25, -0.2) is 4.79 Å². The van der Waals surface area contributed by atoms with Gasteiger partial charge in [-0.3, -0.25) is 0 Å². The maximum atomic E-state index is 10.6. The van der Waals surface area contributed by atoms with Crippen molar-refractivity contribution in [2.24, 2.45) is 5.92 Å². The van der Waals surface area contributed by atoms with Crippen molar-refractivity contribution in [2.45, 2.75) is 25.4 Å². The fraction of sp³-hybridized carbons (Fsp3) is 0.667. The Morgan fingerprint density at radius 2 is 2.25 bits per heavy atom. The molecule has 0 spiro atoms. The van der Waals surface area contributed by atoms with Gasteiger partial charge in [0.25, 0.3) is 0 Å². The highest BCUT2D eigenvalue weighted by atomic mass is 16.5. The van der Waals surface area contributed by atoms with Gasteiger partial charge < -0.3 is 9.84 Å². The molecule has 1 unspecified atom stereocenters. The van der Waals surface area contributed by atoms with Gasteiger partial charge in [-0.2, -0.15) is 0 Å². The van der Waals surface area contributed by atoms with Crippen LogP contribution in [-0.4, -0.2) is 23.8 Å². The second-order valence-electron chi connectivity index (χ2n) is 3.16. The Labute approximate surface area is 71.7 Å². The van der Waals surface area contributed by atoms with Crippen LogP contribution in [-0.2, 0) is 9.53 Å². The average Bonchev–Trinajstić information content (AvgIpc) is 2.82. The van der Waals surface area contributed by atoms with E-state index >= 15 is 0 Å². The monoisotopic (exact) mass is 168 g/mol. The summed E-state index contributed by atoms with van der Waals surface area (Å²) in [7, 11) is 1.27. The number of rotatable bonds is 1. The molecule has 1 N–H and O–H groups in total. The summed E-state index contributed by atoms with van der Waals surface area (Å²) in [5.74, 6) is 4.37. The first kappa shape index (κ1) is 9.08. The lowest BCUT2D eigenvalue weighted by molar-refractivity contribution is -0.133. The quantitative estimate of drug-likeness (QED) is 0.348. The molecule has 0 aromatic heterocycles. The third-order valence-electron chi connectivity index (χ3n) is 1.98. The van der Waals surface area contributed by atoms with Crippen molar-refractivity contribution in [3.05, 3.63) is 0 Å². The third kappa shape index (κ3) is 2.24. The minimum atomic E-state index is -1.02. The van der Waals surface area contributed by atoms with Gasteiger partial charge in [-0.1, -0.05) is 5.92 Å². The Balaban J connectivity index is 2.55. The minimum absolute atomic E-state index is 0.231. The number of carbonyl (C=O) groups is 1. The van der Waals surface area contributed by atoms with E-state index in [1.165, 1.54) is 7.11 Å². The zero-order valence-electron chi connectivity index (χ0n) is 7.26. The van der Waals surface area contributed by atoms with Gasteiger partial charge in [0.05, 0.1) is 7.11 Å². The van der Waals surface area contributed by atoms with Crippen molar-refractivity contribution in [1.29, 1.82) is 0 Å². The molecular formula is C9H12O3. The molecule has 66 valence electrons. The van der Waals surface area contributed by atoms with Gasteiger partial charge in [-0.05, 0) is 25.7 Å². The molecular weight excluding hydrogens is 156 g/mol. The molecule has 1 aliphatic carbocycles. The van der Waals surface area contributed by atoms with Gasteiger partial charge in [0.2, 0.25) is 0 Å². The summed E-state index contributed by atoms with van der Waals surface area (Å²) >= 11 is 0. The van der Waals surface area contributed by atoms with Gasteiger partial charge >= 0.3 is 5.97 Å². The normalized spacial score (nSPS) is 20.2. The lowest BCUT2D eigenvalue weighted by Crippen LogP contribution is -2.24. The molecule has 1 atom stereocenters. The molecule has 1 aliphatic rings. The Bertz CT molecular complexity index is 240. The summed E-state index contributed by atoms with van der Waals surface area (Å²) in [6.07, 6.45) is 1.98. The smallest absolute Gasteiger partial charge is 0.384 e. The van der Waals surface area contributed by atoms with Crippen LogP contribution >= 0.6 is 0 Å². The average molecular weight is 168 g/mol. The molecule has 1 rings (SSSR count). The van der Waals surface area contributed by atoms with Crippen LogP contribution in [0, 0.1) is 17.8 Å². The molecule has 0 saturated heterocycles. The summed E-state index contributed by atoms with van der Waals surface area (Å²) in [6, 6.07) is 0. The van der Waals surface area contributed by atoms with E-state index in [0.717, 1.165) is 12.8 Å². The summed E-state index contributed by atoms with van der Waals surface area (Å²) in [5.41, 5.74) is -1.02. The van der Waals surface area contributed by atoms with E-state index in [2.05, 4.69) is 16.6 Å². The molecule has 1 saturated carbocycles.